The fraction of sp³-hybridized carbons (Fsp3) is 0. The largest absolute Gasteiger partial charge is 0.310 e. The van der Waals surface area contributed by atoms with Gasteiger partial charge in [0.25, 0.3) is 0 Å². The molecule has 0 heterocycles. The minimum Gasteiger partial charge on any atom is -0.310 e. The highest BCUT2D eigenvalue weighted by molar-refractivity contribution is 6.07. The minimum absolute atomic E-state index is 1.11. The van der Waals surface area contributed by atoms with E-state index in [0.29, 0.717) is 0 Å². The Kier molecular flexibility index (Phi) is 8.87. The standard InChI is InChI=1S/C58H40N2/c1-3-21-49(22-4-1)59(57-27-13-19-47-37-43-15-7-9-17-45(43)39-55(47)57)51-33-29-41(30-34-51)53-25-11-12-26-54(53)42-31-35-52(36-32-42)60(50-23-5-2-6-24-50)58-28-14-20-48-38-44-16-8-10-18-46(44)40-56(48)58/h1-40H. The van der Waals surface area contributed by atoms with Gasteiger partial charge >= 0.3 is 0 Å². The first kappa shape index (κ1) is 35.2. The van der Waals surface area contributed by atoms with Crippen molar-refractivity contribution in [2.24, 2.45) is 0 Å². The fourth-order valence-electron chi connectivity index (χ4n) is 8.87. The zero-order valence-electron chi connectivity index (χ0n) is 33.0. The molecule has 11 aromatic carbocycles. The van der Waals surface area contributed by atoms with Crippen LogP contribution in [0.2, 0.25) is 0 Å². The molecule has 2 heteroatoms. The Morgan fingerprint density at radius 1 is 0.217 bits per heavy atom. The molecule has 0 atom stereocenters. The van der Waals surface area contributed by atoms with Gasteiger partial charge in [0, 0.05) is 33.5 Å². The first-order valence-corrected chi connectivity index (χ1v) is 20.6. The molecule has 0 fully saturated rings. The Hall–Kier alpha value is -7.94. The van der Waals surface area contributed by atoms with Gasteiger partial charge in [-0.2, -0.15) is 0 Å². The molecule has 0 saturated carbocycles. The third-order valence-corrected chi connectivity index (χ3v) is 11.8. The first-order chi connectivity index (χ1) is 29.7. The lowest BCUT2D eigenvalue weighted by Crippen LogP contribution is -2.10. The number of rotatable bonds is 8. The topological polar surface area (TPSA) is 6.48 Å². The van der Waals surface area contributed by atoms with Crippen molar-refractivity contribution < 1.29 is 0 Å². The van der Waals surface area contributed by atoms with E-state index in [4.69, 9.17) is 0 Å². The van der Waals surface area contributed by atoms with Gasteiger partial charge in [0.15, 0.2) is 0 Å². The zero-order valence-corrected chi connectivity index (χ0v) is 33.0. The van der Waals surface area contributed by atoms with Crippen molar-refractivity contribution >= 4 is 77.2 Å². The maximum Gasteiger partial charge on any atom is 0.0540 e. The average molecular weight is 765 g/mol. The van der Waals surface area contributed by atoms with Crippen LogP contribution in [-0.2, 0) is 0 Å². The van der Waals surface area contributed by atoms with Crippen LogP contribution in [-0.4, -0.2) is 0 Å². The minimum atomic E-state index is 1.11. The first-order valence-electron chi connectivity index (χ1n) is 20.6. The molecule has 0 N–H and O–H groups in total. The van der Waals surface area contributed by atoms with Gasteiger partial charge in [-0.05, 0) is 140 Å². The van der Waals surface area contributed by atoms with E-state index in [9.17, 15) is 0 Å². The Bertz CT molecular complexity index is 3080. The molecule has 11 aromatic rings. The number of nitrogens with zero attached hydrogens (tertiary/aromatic N) is 2. The average Bonchev–Trinajstić information content (AvgIpc) is 3.32. The molecule has 11 rings (SSSR count). The summed E-state index contributed by atoms with van der Waals surface area (Å²) in [5, 5.41) is 9.86. The number of fused-ring (bicyclic) bond motifs is 4. The highest BCUT2D eigenvalue weighted by atomic mass is 15.1. The van der Waals surface area contributed by atoms with Crippen LogP contribution in [0.5, 0.6) is 0 Å². The summed E-state index contributed by atoms with van der Waals surface area (Å²) < 4.78 is 0. The van der Waals surface area contributed by atoms with Gasteiger partial charge in [0.2, 0.25) is 0 Å². The molecular formula is C58H40N2. The van der Waals surface area contributed by atoms with Gasteiger partial charge in [-0.1, -0.05) is 158 Å². The molecule has 0 radical (unpaired) electrons. The van der Waals surface area contributed by atoms with Crippen LogP contribution in [0.15, 0.2) is 243 Å². The van der Waals surface area contributed by atoms with Crippen LogP contribution in [0, 0.1) is 0 Å². The summed E-state index contributed by atoms with van der Waals surface area (Å²) in [6, 6.07) is 87.9. The van der Waals surface area contributed by atoms with Gasteiger partial charge < -0.3 is 9.80 Å². The van der Waals surface area contributed by atoms with E-state index in [0.717, 1.165) is 34.1 Å². The molecule has 0 spiro atoms. The van der Waals surface area contributed by atoms with Crippen LogP contribution in [0.4, 0.5) is 34.1 Å². The lowest BCUT2D eigenvalue weighted by atomic mass is 9.94. The van der Waals surface area contributed by atoms with E-state index < -0.39 is 0 Å². The van der Waals surface area contributed by atoms with Crippen molar-refractivity contribution in [2.45, 2.75) is 0 Å². The summed E-state index contributed by atoms with van der Waals surface area (Å²) in [5.74, 6) is 0. The monoisotopic (exact) mass is 764 g/mol. The normalized spacial score (nSPS) is 11.3. The summed E-state index contributed by atoms with van der Waals surface area (Å²) in [4.78, 5) is 4.75. The van der Waals surface area contributed by atoms with Gasteiger partial charge in [0.1, 0.15) is 0 Å². The van der Waals surface area contributed by atoms with Gasteiger partial charge in [-0.25, -0.2) is 0 Å². The molecule has 0 aliphatic carbocycles. The number of benzene rings is 11. The van der Waals surface area contributed by atoms with Gasteiger partial charge in [-0.3, -0.25) is 0 Å². The molecule has 0 saturated heterocycles. The molecule has 0 aliphatic heterocycles. The van der Waals surface area contributed by atoms with Crippen molar-refractivity contribution in [1.82, 2.24) is 0 Å². The highest BCUT2D eigenvalue weighted by Crippen LogP contribution is 2.43. The highest BCUT2D eigenvalue weighted by Gasteiger charge is 2.19. The summed E-state index contributed by atoms with van der Waals surface area (Å²) in [7, 11) is 0. The summed E-state index contributed by atoms with van der Waals surface area (Å²) >= 11 is 0. The van der Waals surface area contributed by atoms with Crippen LogP contribution in [0.3, 0.4) is 0 Å². The van der Waals surface area contributed by atoms with Crippen LogP contribution in [0.1, 0.15) is 0 Å². The quantitative estimate of drug-likeness (QED) is 0.142. The molecule has 282 valence electrons. The van der Waals surface area contributed by atoms with Crippen LogP contribution >= 0.6 is 0 Å². The lowest BCUT2D eigenvalue weighted by molar-refractivity contribution is 1.30. The lowest BCUT2D eigenvalue weighted by Gasteiger charge is -2.27. The smallest absolute Gasteiger partial charge is 0.0540 e. The SMILES string of the molecule is c1ccc(N(c2ccc(-c3ccccc3-c3ccc(N(c4ccccc4)c4cccc5cc6ccccc6cc45)cc3)cc2)c2cccc3cc4ccccc4cc23)cc1. The van der Waals surface area contributed by atoms with Crippen molar-refractivity contribution in [3.63, 3.8) is 0 Å². The van der Waals surface area contributed by atoms with Crippen LogP contribution < -0.4 is 9.80 Å². The fourth-order valence-corrected chi connectivity index (χ4v) is 8.87. The number of hydrogen-bond acceptors (Lipinski definition) is 2. The van der Waals surface area contributed by atoms with Crippen molar-refractivity contribution in [3.05, 3.63) is 243 Å². The Morgan fingerprint density at radius 3 is 0.933 bits per heavy atom. The van der Waals surface area contributed by atoms with Gasteiger partial charge in [-0.15, -0.1) is 0 Å². The van der Waals surface area contributed by atoms with Crippen molar-refractivity contribution in [1.29, 1.82) is 0 Å². The predicted octanol–water partition coefficient (Wildman–Crippen LogP) is 16.6. The van der Waals surface area contributed by atoms with E-state index >= 15 is 0 Å². The van der Waals surface area contributed by atoms with E-state index in [2.05, 4.69) is 252 Å². The second-order valence-corrected chi connectivity index (χ2v) is 15.4. The number of hydrogen-bond donors (Lipinski definition) is 0. The maximum atomic E-state index is 2.38. The Balaban J connectivity index is 0.966. The van der Waals surface area contributed by atoms with E-state index in [1.54, 1.807) is 0 Å². The number of anilines is 6. The molecule has 60 heavy (non-hydrogen) atoms. The Labute approximate surface area is 350 Å². The van der Waals surface area contributed by atoms with E-state index in [1.165, 1.54) is 65.3 Å². The molecule has 0 amide bonds. The molecule has 0 aromatic heterocycles. The molecule has 0 unspecified atom stereocenters. The number of para-hydroxylation sites is 2. The summed E-state index contributed by atoms with van der Waals surface area (Å²) in [6.07, 6.45) is 0. The Morgan fingerprint density at radius 2 is 0.533 bits per heavy atom. The second kappa shape index (κ2) is 15.1. The summed E-state index contributed by atoms with van der Waals surface area (Å²) in [6.45, 7) is 0. The van der Waals surface area contributed by atoms with Crippen LogP contribution in [0.25, 0.3) is 65.3 Å². The predicted molar refractivity (Wildman–Crippen MR) is 257 cm³/mol. The van der Waals surface area contributed by atoms with E-state index in [1.807, 2.05) is 0 Å². The molecule has 0 aliphatic rings. The van der Waals surface area contributed by atoms with E-state index in [-0.39, 0.29) is 0 Å². The van der Waals surface area contributed by atoms with Crippen molar-refractivity contribution in [3.8, 4) is 22.3 Å². The molecule has 2 nitrogen and oxygen atoms in total. The molecular weight excluding hydrogens is 725 g/mol. The maximum absolute atomic E-state index is 2.38. The summed E-state index contributed by atoms with van der Waals surface area (Å²) in [5.41, 5.74) is 11.5. The third kappa shape index (κ3) is 6.41. The van der Waals surface area contributed by atoms with Crippen molar-refractivity contribution in [2.75, 3.05) is 9.80 Å². The second-order valence-electron chi connectivity index (χ2n) is 15.4. The third-order valence-electron chi connectivity index (χ3n) is 11.8. The zero-order chi connectivity index (χ0) is 39.8. The van der Waals surface area contributed by atoms with Gasteiger partial charge in [0.05, 0.1) is 11.4 Å². The molecule has 0 bridgehead atoms.